The molecule has 1 fully saturated rings. The van der Waals surface area contributed by atoms with Crippen molar-refractivity contribution in [2.75, 3.05) is 19.7 Å². The quantitative estimate of drug-likeness (QED) is 0.689. The minimum Gasteiger partial charge on any atom is -0.481 e. The van der Waals surface area contributed by atoms with E-state index in [1.54, 1.807) is 6.08 Å². The molecule has 0 spiro atoms. The monoisotopic (exact) mass is 241 g/mol. The molecule has 1 rings (SSSR count). The molecule has 17 heavy (non-hydrogen) atoms. The molecule has 0 bridgehead atoms. The van der Waals surface area contributed by atoms with E-state index < -0.39 is 5.97 Å². The second kappa shape index (κ2) is 5.65. The predicted octanol–water partition coefficient (Wildman–Crippen LogP) is 1.36. The summed E-state index contributed by atoms with van der Waals surface area (Å²) < 4.78 is 0. The first-order valence-electron chi connectivity index (χ1n) is 6.13. The zero-order valence-corrected chi connectivity index (χ0v) is 10.7. The number of aliphatic hydroxyl groups is 1. The molecule has 4 nitrogen and oxygen atoms in total. The molecule has 4 heteroatoms. The Morgan fingerprint density at radius 1 is 1.65 bits per heavy atom. The van der Waals surface area contributed by atoms with Crippen molar-refractivity contribution in [1.82, 2.24) is 4.90 Å². The Labute approximate surface area is 103 Å². The Morgan fingerprint density at radius 2 is 2.29 bits per heavy atom. The van der Waals surface area contributed by atoms with Crippen LogP contribution >= 0.6 is 0 Å². The van der Waals surface area contributed by atoms with Crippen molar-refractivity contribution in [1.29, 1.82) is 0 Å². The zero-order chi connectivity index (χ0) is 13.1. The summed E-state index contributed by atoms with van der Waals surface area (Å²) in [5.41, 5.74) is -0.333. The van der Waals surface area contributed by atoms with E-state index in [1.165, 1.54) is 0 Å². The van der Waals surface area contributed by atoms with E-state index in [9.17, 15) is 9.90 Å². The normalized spacial score (nSPS) is 25.7. The van der Waals surface area contributed by atoms with Gasteiger partial charge in [-0.25, -0.2) is 0 Å². The van der Waals surface area contributed by atoms with Gasteiger partial charge in [0.15, 0.2) is 0 Å². The van der Waals surface area contributed by atoms with E-state index in [0.29, 0.717) is 6.42 Å². The first kappa shape index (κ1) is 14.2. The second-order valence-corrected chi connectivity index (χ2v) is 5.35. The van der Waals surface area contributed by atoms with Gasteiger partial charge in [-0.2, -0.15) is 0 Å². The molecule has 0 amide bonds. The number of allylic oxidation sites excluding steroid dienone is 1. The lowest BCUT2D eigenvalue weighted by atomic mass is 9.88. The highest BCUT2D eigenvalue weighted by molar-refractivity contribution is 5.72. The van der Waals surface area contributed by atoms with Crippen molar-refractivity contribution in [2.45, 2.75) is 32.2 Å². The van der Waals surface area contributed by atoms with E-state index in [-0.39, 0.29) is 24.0 Å². The first-order chi connectivity index (χ1) is 7.93. The van der Waals surface area contributed by atoms with E-state index in [2.05, 4.69) is 11.5 Å². The number of hydrogen-bond acceptors (Lipinski definition) is 3. The molecule has 0 aliphatic carbocycles. The van der Waals surface area contributed by atoms with Gasteiger partial charge < -0.3 is 10.2 Å². The summed E-state index contributed by atoms with van der Waals surface area (Å²) in [4.78, 5) is 13.3. The number of carboxylic acids is 1. The van der Waals surface area contributed by atoms with Crippen LogP contribution in [-0.2, 0) is 4.79 Å². The molecule has 1 heterocycles. The number of nitrogens with zero attached hydrogens (tertiary/aromatic N) is 1. The summed E-state index contributed by atoms with van der Waals surface area (Å²) in [7, 11) is 0. The lowest BCUT2D eigenvalue weighted by Gasteiger charge is -2.36. The van der Waals surface area contributed by atoms with Gasteiger partial charge in [-0.15, -0.1) is 6.58 Å². The minimum absolute atomic E-state index is 0.121. The van der Waals surface area contributed by atoms with Crippen LogP contribution in [0.15, 0.2) is 12.7 Å². The molecule has 98 valence electrons. The number of aliphatic carboxylic acids is 1. The van der Waals surface area contributed by atoms with Crippen molar-refractivity contribution in [3.05, 3.63) is 12.7 Å². The third-order valence-electron chi connectivity index (χ3n) is 3.89. The number of carbonyl (C=O) groups is 1. The van der Waals surface area contributed by atoms with Crippen LogP contribution < -0.4 is 0 Å². The summed E-state index contributed by atoms with van der Waals surface area (Å²) in [5, 5.41) is 18.4. The van der Waals surface area contributed by atoms with Crippen LogP contribution in [0.25, 0.3) is 0 Å². The maximum Gasteiger partial charge on any atom is 0.308 e. The van der Waals surface area contributed by atoms with Crippen molar-refractivity contribution in [3.63, 3.8) is 0 Å². The number of carboxylic acid groups (broad SMARTS) is 1. The molecule has 0 radical (unpaired) electrons. The topological polar surface area (TPSA) is 60.8 Å². The fourth-order valence-electron chi connectivity index (χ4n) is 2.65. The van der Waals surface area contributed by atoms with Gasteiger partial charge in [-0.05, 0) is 39.2 Å². The van der Waals surface area contributed by atoms with Crippen LogP contribution in [0, 0.1) is 11.8 Å². The van der Waals surface area contributed by atoms with Crippen LogP contribution in [0.2, 0.25) is 0 Å². The Bertz CT molecular complexity index is 288. The smallest absolute Gasteiger partial charge is 0.308 e. The molecule has 2 atom stereocenters. The minimum atomic E-state index is -0.721. The molecular weight excluding hydrogens is 218 g/mol. The highest BCUT2D eigenvalue weighted by Gasteiger charge is 2.45. The molecule has 1 aliphatic heterocycles. The highest BCUT2D eigenvalue weighted by Crippen LogP contribution is 2.35. The Morgan fingerprint density at radius 3 is 2.71 bits per heavy atom. The van der Waals surface area contributed by atoms with Gasteiger partial charge in [0.2, 0.25) is 0 Å². The zero-order valence-electron chi connectivity index (χ0n) is 10.7. The second-order valence-electron chi connectivity index (χ2n) is 5.35. The van der Waals surface area contributed by atoms with Crippen molar-refractivity contribution >= 4 is 5.97 Å². The molecule has 0 aromatic rings. The molecular formula is C13H23NO3. The van der Waals surface area contributed by atoms with E-state index in [0.717, 1.165) is 19.5 Å². The van der Waals surface area contributed by atoms with Crippen LogP contribution in [0.5, 0.6) is 0 Å². The maximum atomic E-state index is 11.2. The Balaban J connectivity index is 2.67. The number of aliphatic hydroxyl groups excluding tert-OH is 1. The van der Waals surface area contributed by atoms with Gasteiger partial charge in [0, 0.05) is 18.7 Å². The molecule has 0 aromatic carbocycles. The van der Waals surface area contributed by atoms with Gasteiger partial charge in [-0.1, -0.05) is 6.08 Å². The van der Waals surface area contributed by atoms with Gasteiger partial charge in [0.25, 0.3) is 0 Å². The highest BCUT2D eigenvalue weighted by atomic mass is 16.4. The molecule has 1 aliphatic rings. The summed E-state index contributed by atoms with van der Waals surface area (Å²) in [6.07, 6.45) is 3.26. The van der Waals surface area contributed by atoms with Crippen LogP contribution in [0.3, 0.4) is 0 Å². The van der Waals surface area contributed by atoms with Gasteiger partial charge >= 0.3 is 5.97 Å². The van der Waals surface area contributed by atoms with Crippen molar-refractivity contribution in [2.24, 2.45) is 11.8 Å². The van der Waals surface area contributed by atoms with Gasteiger partial charge in [-0.3, -0.25) is 9.69 Å². The summed E-state index contributed by atoms with van der Waals surface area (Å²) in [6, 6.07) is 0. The van der Waals surface area contributed by atoms with Crippen LogP contribution in [0.1, 0.15) is 26.7 Å². The number of hydrogen-bond donors (Lipinski definition) is 2. The van der Waals surface area contributed by atoms with Crippen molar-refractivity contribution in [3.8, 4) is 0 Å². The molecule has 2 N–H and O–H groups in total. The third-order valence-corrected chi connectivity index (χ3v) is 3.89. The van der Waals surface area contributed by atoms with Gasteiger partial charge in [0.1, 0.15) is 0 Å². The average molecular weight is 241 g/mol. The SMILES string of the molecule is C=CC[C@@H](CO)CN1CCC(C(=O)O)C1(C)C. The Kier molecular flexibility index (Phi) is 4.71. The lowest BCUT2D eigenvalue weighted by Crippen LogP contribution is -2.47. The van der Waals surface area contributed by atoms with Crippen molar-refractivity contribution < 1.29 is 15.0 Å². The number of likely N-dealkylation sites (tertiary alicyclic amines) is 1. The summed E-state index contributed by atoms with van der Waals surface area (Å²) >= 11 is 0. The Hall–Kier alpha value is -0.870. The largest absolute Gasteiger partial charge is 0.481 e. The average Bonchev–Trinajstić information content (AvgIpc) is 2.53. The fourth-order valence-corrected chi connectivity index (χ4v) is 2.65. The van der Waals surface area contributed by atoms with Crippen LogP contribution in [-0.4, -0.2) is 46.3 Å². The van der Waals surface area contributed by atoms with Crippen LogP contribution in [0.4, 0.5) is 0 Å². The maximum absolute atomic E-state index is 11.2. The summed E-state index contributed by atoms with van der Waals surface area (Å²) in [6.45, 7) is 9.27. The molecule has 1 unspecified atom stereocenters. The van der Waals surface area contributed by atoms with Gasteiger partial charge in [0.05, 0.1) is 5.92 Å². The van der Waals surface area contributed by atoms with E-state index >= 15 is 0 Å². The first-order valence-corrected chi connectivity index (χ1v) is 6.13. The third kappa shape index (κ3) is 3.07. The standard InChI is InChI=1S/C13H23NO3/c1-4-5-10(9-15)8-14-7-6-11(12(16)17)13(14,2)3/h4,10-11,15H,1,5-9H2,2-3H3,(H,16,17)/t10-,11?/m1/s1. The molecule has 0 saturated carbocycles. The fraction of sp³-hybridized carbons (Fsp3) is 0.769. The summed E-state index contributed by atoms with van der Waals surface area (Å²) in [5.74, 6) is -0.883. The van der Waals surface area contributed by atoms with E-state index in [1.807, 2.05) is 13.8 Å². The lowest BCUT2D eigenvalue weighted by molar-refractivity contribution is -0.144. The number of rotatable bonds is 6. The molecule has 0 aromatic heterocycles. The van der Waals surface area contributed by atoms with E-state index in [4.69, 9.17) is 5.11 Å². The predicted molar refractivity (Wildman–Crippen MR) is 66.8 cm³/mol. The molecule has 1 saturated heterocycles.